The van der Waals surface area contributed by atoms with Crippen molar-refractivity contribution in [3.05, 3.63) is 65.2 Å². The van der Waals surface area contributed by atoms with Crippen LogP contribution in [0.15, 0.2) is 59.5 Å². The molecule has 0 amide bonds. The van der Waals surface area contributed by atoms with Crippen molar-refractivity contribution in [1.82, 2.24) is 25.0 Å². The lowest BCUT2D eigenvalue weighted by Gasteiger charge is -2.05. The van der Waals surface area contributed by atoms with E-state index in [1.807, 2.05) is 43.3 Å². The third-order valence-electron chi connectivity index (χ3n) is 3.74. The van der Waals surface area contributed by atoms with E-state index in [9.17, 15) is 0 Å². The third kappa shape index (κ3) is 2.41. The van der Waals surface area contributed by atoms with Crippen LogP contribution in [0.2, 0.25) is 0 Å². The first-order valence-electron chi connectivity index (χ1n) is 7.12. The number of hydrogen-bond acceptors (Lipinski definition) is 4. The highest BCUT2D eigenvalue weighted by Crippen LogP contribution is 2.27. The molecule has 0 N–H and O–H groups in total. The molecule has 23 heavy (non-hydrogen) atoms. The second-order valence-corrected chi connectivity index (χ2v) is 5.91. The maximum absolute atomic E-state index is 4.35. The topological polar surface area (TPSA) is 56.5 Å². The maximum Gasteiger partial charge on any atom is 0.131 e. The highest BCUT2D eigenvalue weighted by molar-refractivity contribution is 9.10. The summed E-state index contributed by atoms with van der Waals surface area (Å²) in [7, 11) is 0. The van der Waals surface area contributed by atoms with Gasteiger partial charge in [-0.25, -0.2) is 9.67 Å². The summed E-state index contributed by atoms with van der Waals surface area (Å²) in [6, 6.07) is 13.9. The van der Waals surface area contributed by atoms with Crippen LogP contribution in [0.3, 0.4) is 0 Å². The van der Waals surface area contributed by atoms with Gasteiger partial charge < -0.3 is 0 Å². The van der Waals surface area contributed by atoms with Crippen LogP contribution in [0.5, 0.6) is 0 Å². The summed E-state index contributed by atoms with van der Waals surface area (Å²) in [4.78, 5) is 8.59. The Labute approximate surface area is 141 Å². The Morgan fingerprint density at radius 2 is 1.83 bits per heavy atom. The van der Waals surface area contributed by atoms with Crippen LogP contribution in [-0.4, -0.2) is 25.0 Å². The smallest absolute Gasteiger partial charge is 0.131 e. The van der Waals surface area contributed by atoms with Crippen molar-refractivity contribution < 1.29 is 0 Å². The molecule has 0 saturated heterocycles. The van der Waals surface area contributed by atoms with Gasteiger partial charge in [-0.2, -0.15) is 0 Å². The SMILES string of the molecule is Cc1c(-c2ccc3ncccc3c2)nnn1-c1cccnc1Br. The van der Waals surface area contributed by atoms with Crippen molar-refractivity contribution in [2.24, 2.45) is 0 Å². The van der Waals surface area contributed by atoms with Gasteiger partial charge in [0.05, 0.1) is 16.9 Å². The van der Waals surface area contributed by atoms with Crippen LogP contribution >= 0.6 is 15.9 Å². The van der Waals surface area contributed by atoms with E-state index < -0.39 is 0 Å². The second kappa shape index (κ2) is 5.55. The van der Waals surface area contributed by atoms with E-state index in [2.05, 4.69) is 42.3 Å². The number of halogens is 1. The molecule has 0 saturated carbocycles. The molecule has 0 unspecified atom stereocenters. The number of pyridine rings is 2. The van der Waals surface area contributed by atoms with Gasteiger partial charge in [-0.05, 0) is 53.2 Å². The van der Waals surface area contributed by atoms with E-state index in [1.165, 1.54) is 0 Å². The zero-order valence-electron chi connectivity index (χ0n) is 12.3. The van der Waals surface area contributed by atoms with Gasteiger partial charge in [-0.15, -0.1) is 5.10 Å². The Morgan fingerprint density at radius 1 is 1.00 bits per heavy atom. The third-order valence-corrected chi connectivity index (χ3v) is 4.35. The monoisotopic (exact) mass is 365 g/mol. The average Bonchev–Trinajstić information content (AvgIpc) is 2.96. The zero-order chi connectivity index (χ0) is 15.8. The molecule has 1 aromatic carbocycles. The number of benzene rings is 1. The number of fused-ring (bicyclic) bond motifs is 1. The summed E-state index contributed by atoms with van der Waals surface area (Å²) >= 11 is 3.46. The Kier molecular flexibility index (Phi) is 3.38. The van der Waals surface area contributed by atoms with E-state index >= 15 is 0 Å². The van der Waals surface area contributed by atoms with Crippen molar-refractivity contribution in [3.63, 3.8) is 0 Å². The lowest BCUT2D eigenvalue weighted by Crippen LogP contribution is -2.01. The molecule has 0 aliphatic rings. The first-order valence-corrected chi connectivity index (χ1v) is 7.92. The average molecular weight is 366 g/mol. The van der Waals surface area contributed by atoms with Gasteiger partial charge in [-0.1, -0.05) is 17.3 Å². The molecule has 5 nitrogen and oxygen atoms in total. The van der Waals surface area contributed by atoms with Gasteiger partial charge in [0, 0.05) is 23.3 Å². The van der Waals surface area contributed by atoms with Crippen LogP contribution in [0, 0.1) is 6.92 Å². The highest BCUT2D eigenvalue weighted by Gasteiger charge is 2.14. The zero-order valence-corrected chi connectivity index (χ0v) is 13.9. The van der Waals surface area contributed by atoms with E-state index in [0.29, 0.717) is 0 Å². The fourth-order valence-corrected chi connectivity index (χ4v) is 3.00. The molecule has 3 aromatic heterocycles. The highest BCUT2D eigenvalue weighted by atomic mass is 79.9. The molecule has 3 heterocycles. The molecule has 6 heteroatoms. The fourth-order valence-electron chi connectivity index (χ4n) is 2.58. The van der Waals surface area contributed by atoms with E-state index in [1.54, 1.807) is 17.1 Å². The van der Waals surface area contributed by atoms with Gasteiger partial charge in [0.1, 0.15) is 10.3 Å². The lowest BCUT2D eigenvalue weighted by molar-refractivity contribution is 0.777. The standard InChI is InChI=1S/C17H12BrN5/c1-11-16(13-6-7-14-12(10-13)4-2-8-19-14)21-22-23(11)15-5-3-9-20-17(15)18/h2-10H,1H3. The Morgan fingerprint density at radius 3 is 2.70 bits per heavy atom. The minimum Gasteiger partial charge on any atom is -0.256 e. The van der Waals surface area contributed by atoms with Crippen LogP contribution in [-0.2, 0) is 0 Å². The molecule has 0 atom stereocenters. The summed E-state index contributed by atoms with van der Waals surface area (Å²) in [5.74, 6) is 0. The second-order valence-electron chi connectivity index (χ2n) is 5.16. The van der Waals surface area contributed by atoms with Crippen molar-refractivity contribution in [2.45, 2.75) is 6.92 Å². The summed E-state index contributed by atoms with van der Waals surface area (Å²) in [6.07, 6.45) is 3.53. The lowest BCUT2D eigenvalue weighted by atomic mass is 10.1. The number of aromatic nitrogens is 5. The molecular formula is C17H12BrN5. The van der Waals surface area contributed by atoms with Crippen LogP contribution < -0.4 is 0 Å². The first-order chi connectivity index (χ1) is 11.2. The van der Waals surface area contributed by atoms with Crippen LogP contribution in [0.1, 0.15) is 5.69 Å². The molecule has 0 aliphatic heterocycles. The Balaban J connectivity index is 1.85. The van der Waals surface area contributed by atoms with Crippen molar-refractivity contribution in [2.75, 3.05) is 0 Å². The molecule has 0 bridgehead atoms. The summed E-state index contributed by atoms with van der Waals surface area (Å²) in [6.45, 7) is 2.00. The molecule has 4 rings (SSSR count). The van der Waals surface area contributed by atoms with Gasteiger partial charge in [0.2, 0.25) is 0 Å². The molecular weight excluding hydrogens is 354 g/mol. The normalized spacial score (nSPS) is 11.0. The van der Waals surface area contributed by atoms with Crippen molar-refractivity contribution in [3.8, 4) is 16.9 Å². The predicted octanol–water partition coefficient (Wildman–Crippen LogP) is 3.95. The number of nitrogens with zero attached hydrogens (tertiary/aromatic N) is 5. The Bertz CT molecular complexity index is 1010. The van der Waals surface area contributed by atoms with Gasteiger partial charge >= 0.3 is 0 Å². The molecule has 112 valence electrons. The number of rotatable bonds is 2. The van der Waals surface area contributed by atoms with Crippen LogP contribution in [0.25, 0.3) is 27.8 Å². The first kappa shape index (κ1) is 14.0. The van der Waals surface area contributed by atoms with E-state index in [0.717, 1.165) is 38.1 Å². The fraction of sp³-hybridized carbons (Fsp3) is 0.0588. The summed E-state index contributed by atoms with van der Waals surface area (Å²) in [5.41, 5.74) is 4.67. The van der Waals surface area contributed by atoms with Crippen LogP contribution in [0.4, 0.5) is 0 Å². The van der Waals surface area contributed by atoms with Gasteiger partial charge in [0.15, 0.2) is 0 Å². The molecule has 0 aliphatic carbocycles. The predicted molar refractivity (Wildman–Crippen MR) is 92.3 cm³/mol. The minimum absolute atomic E-state index is 0.738. The molecule has 4 aromatic rings. The maximum atomic E-state index is 4.35. The quantitative estimate of drug-likeness (QED) is 0.504. The summed E-state index contributed by atoms with van der Waals surface area (Å²) in [5, 5.41) is 9.72. The molecule has 0 fully saturated rings. The van der Waals surface area contributed by atoms with Crippen molar-refractivity contribution >= 4 is 26.8 Å². The van der Waals surface area contributed by atoms with E-state index in [4.69, 9.17) is 0 Å². The van der Waals surface area contributed by atoms with Crippen molar-refractivity contribution in [1.29, 1.82) is 0 Å². The molecule has 0 radical (unpaired) electrons. The Hall–Kier alpha value is -2.60. The summed E-state index contributed by atoms with van der Waals surface area (Å²) < 4.78 is 2.53. The van der Waals surface area contributed by atoms with Gasteiger partial charge in [0.25, 0.3) is 0 Å². The molecule has 0 spiro atoms. The number of hydrogen-bond donors (Lipinski definition) is 0. The van der Waals surface area contributed by atoms with Gasteiger partial charge in [-0.3, -0.25) is 4.98 Å². The van der Waals surface area contributed by atoms with E-state index in [-0.39, 0.29) is 0 Å². The minimum atomic E-state index is 0.738. The largest absolute Gasteiger partial charge is 0.256 e.